The van der Waals surface area contributed by atoms with Crippen LogP contribution in [-0.4, -0.2) is 32.1 Å². The number of ether oxygens (including phenoxy) is 1. The van der Waals surface area contributed by atoms with Gasteiger partial charge in [0.2, 0.25) is 7.29 Å². The van der Waals surface area contributed by atoms with Crippen LogP contribution in [0.5, 0.6) is 0 Å². The Morgan fingerprint density at radius 1 is 0.833 bits per heavy atom. The smallest absolute Gasteiger partial charge is 0.236 e. The van der Waals surface area contributed by atoms with E-state index in [2.05, 4.69) is 16.7 Å². The summed E-state index contributed by atoms with van der Waals surface area (Å²) < 4.78 is 25.9. The minimum Gasteiger partial charge on any atom is -0.379 e. The summed E-state index contributed by atoms with van der Waals surface area (Å²) >= 11 is 0. The third-order valence-electron chi connectivity index (χ3n) is 7.19. The number of benzene rings is 2. The van der Waals surface area contributed by atoms with Crippen LogP contribution in [0.2, 0.25) is 0 Å². The Hall–Kier alpha value is -3.73. The molecule has 0 amide bonds. The monoisotopic (exact) mass is 492 g/mol. The van der Waals surface area contributed by atoms with E-state index in [1.165, 1.54) is 0 Å². The Kier molecular flexibility index (Phi) is 5.05. The predicted octanol–water partition coefficient (Wildman–Crippen LogP) is 5.67. The molecule has 1 saturated heterocycles. The van der Waals surface area contributed by atoms with Crippen molar-refractivity contribution >= 4 is 51.0 Å². The predicted molar refractivity (Wildman–Crippen MR) is 145 cm³/mol. The number of hydrogen-bond donors (Lipinski definition) is 0. The van der Waals surface area contributed by atoms with Crippen LogP contribution in [0.1, 0.15) is 18.9 Å². The number of nitrogens with zero attached hydrogens (tertiary/aromatic N) is 4. The zero-order valence-electron chi connectivity index (χ0n) is 19.7. The number of hydrogen-bond acceptors (Lipinski definition) is 4. The van der Waals surface area contributed by atoms with Crippen LogP contribution in [0.25, 0.3) is 33.1 Å². The Bertz CT molecular complexity index is 1710. The SMILES string of the molecule is O=P(c1ccccc1)(c1ccccc1)n1c2ncccc2c2c3ncccc3n(C3CCCOC3)c21. The third-order valence-corrected chi connectivity index (χ3v) is 10.1. The average Bonchev–Trinajstić information content (AvgIpc) is 3.47. The van der Waals surface area contributed by atoms with Crippen molar-refractivity contribution in [3.8, 4) is 0 Å². The first-order valence-corrected chi connectivity index (χ1v) is 14.0. The molecule has 1 aliphatic heterocycles. The van der Waals surface area contributed by atoms with E-state index in [4.69, 9.17) is 14.7 Å². The number of pyridine rings is 2. The summed E-state index contributed by atoms with van der Waals surface area (Å²) in [6.07, 6.45) is 5.59. The van der Waals surface area contributed by atoms with Crippen LogP contribution in [0.4, 0.5) is 0 Å². The molecular weight excluding hydrogens is 467 g/mol. The van der Waals surface area contributed by atoms with Crippen molar-refractivity contribution in [3.63, 3.8) is 0 Å². The fourth-order valence-corrected chi connectivity index (χ4v) is 8.45. The quantitative estimate of drug-likeness (QED) is 0.298. The fourth-order valence-electron chi connectivity index (χ4n) is 5.65. The lowest BCUT2D eigenvalue weighted by Crippen LogP contribution is -2.25. The van der Waals surface area contributed by atoms with Gasteiger partial charge in [-0.3, -0.25) is 13.9 Å². The Morgan fingerprint density at radius 3 is 2.22 bits per heavy atom. The molecule has 1 atom stereocenters. The van der Waals surface area contributed by atoms with Crippen LogP contribution in [0.3, 0.4) is 0 Å². The molecule has 0 bridgehead atoms. The second-order valence-corrected chi connectivity index (χ2v) is 11.8. The normalized spacial score (nSPS) is 16.7. The summed E-state index contributed by atoms with van der Waals surface area (Å²) in [5.41, 5.74) is 3.54. The van der Waals surface area contributed by atoms with Gasteiger partial charge in [-0.05, 0) is 61.4 Å². The van der Waals surface area contributed by atoms with Gasteiger partial charge in [-0.1, -0.05) is 36.4 Å². The van der Waals surface area contributed by atoms with Gasteiger partial charge in [0.05, 0.1) is 29.1 Å². The molecule has 6 nitrogen and oxygen atoms in total. The van der Waals surface area contributed by atoms with E-state index in [9.17, 15) is 0 Å². The van der Waals surface area contributed by atoms with Crippen LogP contribution in [0.15, 0.2) is 97.3 Å². The third kappa shape index (κ3) is 3.05. The maximum absolute atomic E-state index is 15.7. The van der Waals surface area contributed by atoms with Crippen molar-refractivity contribution in [1.82, 2.24) is 18.9 Å². The number of fused-ring (bicyclic) bond motifs is 5. The highest BCUT2D eigenvalue weighted by atomic mass is 31.2. The van der Waals surface area contributed by atoms with Gasteiger partial charge in [0, 0.05) is 35.0 Å². The van der Waals surface area contributed by atoms with E-state index in [1.807, 2.05) is 83.3 Å². The second kappa shape index (κ2) is 8.44. The van der Waals surface area contributed by atoms with E-state index in [1.54, 1.807) is 6.20 Å². The first-order chi connectivity index (χ1) is 17.8. The van der Waals surface area contributed by atoms with Gasteiger partial charge in [-0.15, -0.1) is 0 Å². The standard InChI is InChI=1S/C29H25N4O2P/c34-36(22-11-3-1-4-12-22,23-13-5-2-6-14-23)33-28-24(15-7-18-31-28)26-27-25(16-8-17-30-27)32(29(26)33)21-10-9-19-35-20-21/h1-8,11-18,21H,9-10,19-20H2. The number of aromatic nitrogens is 4. The van der Waals surface area contributed by atoms with Gasteiger partial charge < -0.3 is 9.30 Å². The molecule has 0 saturated carbocycles. The van der Waals surface area contributed by atoms with Gasteiger partial charge in [0.25, 0.3) is 0 Å². The van der Waals surface area contributed by atoms with Crippen molar-refractivity contribution in [2.24, 2.45) is 0 Å². The minimum atomic E-state index is -3.39. The number of rotatable bonds is 4. The van der Waals surface area contributed by atoms with Gasteiger partial charge in [-0.2, -0.15) is 0 Å². The summed E-state index contributed by atoms with van der Waals surface area (Å²) in [5.74, 6) is 0. The molecule has 178 valence electrons. The van der Waals surface area contributed by atoms with Crippen LogP contribution in [0, 0.1) is 0 Å². The summed E-state index contributed by atoms with van der Waals surface area (Å²) in [4.78, 5) is 9.64. The minimum absolute atomic E-state index is 0.117. The molecule has 36 heavy (non-hydrogen) atoms. The Labute approximate surface area is 208 Å². The molecule has 7 heteroatoms. The molecule has 4 aromatic heterocycles. The lowest BCUT2D eigenvalue weighted by Gasteiger charge is -2.28. The highest BCUT2D eigenvalue weighted by Gasteiger charge is 2.37. The van der Waals surface area contributed by atoms with E-state index < -0.39 is 7.29 Å². The second-order valence-electron chi connectivity index (χ2n) is 9.24. The molecule has 0 radical (unpaired) electrons. The van der Waals surface area contributed by atoms with E-state index in [-0.39, 0.29) is 6.04 Å². The molecule has 6 aromatic rings. The lowest BCUT2D eigenvalue weighted by molar-refractivity contribution is 0.0617. The first kappa shape index (κ1) is 21.5. The van der Waals surface area contributed by atoms with Crippen LogP contribution < -0.4 is 10.6 Å². The average molecular weight is 493 g/mol. The highest BCUT2D eigenvalue weighted by molar-refractivity contribution is 7.77. The molecule has 5 heterocycles. The molecule has 1 unspecified atom stereocenters. The van der Waals surface area contributed by atoms with Gasteiger partial charge >= 0.3 is 0 Å². The molecule has 1 fully saturated rings. The van der Waals surface area contributed by atoms with Crippen molar-refractivity contribution in [3.05, 3.63) is 97.3 Å². The molecule has 0 aliphatic carbocycles. The molecule has 0 spiro atoms. The Balaban J connectivity index is 1.71. The Morgan fingerprint density at radius 2 is 1.53 bits per heavy atom. The largest absolute Gasteiger partial charge is 0.379 e. The highest BCUT2D eigenvalue weighted by Crippen LogP contribution is 2.52. The summed E-state index contributed by atoms with van der Waals surface area (Å²) in [7, 11) is -3.39. The van der Waals surface area contributed by atoms with E-state index in [0.717, 1.165) is 57.5 Å². The van der Waals surface area contributed by atoms with Crippen molar-refractivity contribution in [1.29, 1.82) is 0 Å². The molecular formula is C29H25N4O2P. The van der Waals surface area contributed by atoms with Crippen LogP contribution >= 0.6 is 7.29 Å². The van der Waals surface area contributed by atoms with E-state index in [0.29, 0.717) is 12.3 Å². The van der Waals surface area contributed by atoms with Gasteiger partial charge in [-0.25, -0.2) is 4.98 Å². The molecule has 0 N–H and O–H groups in total. The maximum atomic E-state index is 15.7. The summed E-state index contributed by atoms with van der Waals surface area (Å²) in [6, 6.07) is 27.8. The zero-order chi connectivity index (χ0) is 24.1. The zero-order valence-corrected chi connectivity index (χ0v) is 20.6. The molecule has 1 aliphatic rings. The van der Waals surface area contributed by atoms with Crippen LogP contribution in [-0.2, 0) is 9.30 Å². The summed E-state index contributed by atoms with van der Waals surface area (Å²) in [6.45, 7) is 1.39. The first-order valence-electron chi connectivity index (χ1n) is 12.3. The topological polar surface area (TPSA) is 61.9 Å². The maximum Gasteiger partial charge on any atom is 0.236 e. The van der Waals surface area contributed by atoms with Crippen molar-refractivity contribution < 1.29 is 9.30 Å². The van der Waals surface area contributed by atoms with Gasteiger partial charge in [0.1, 0.15) is 11.3 Å². The fraction of sp³-hybridized carbons (Fsp3) is 0.172. The molecule has 2 aromatic carbocycles. The van der Waals surface area contributed by atoms with E-state index >= 15 is 4.57 Å². The van der Waals surface area contributed by atoms with Crippen molar-refractivity contribution in [2.75, 3.05) is 13.2 Å². The summed E-state index contributed by atoms with van der Waals surface area (Å²) in [5, 5.41) is 3.49. The molecule has 7 rings (SSSR count). The van der Waals surface area contributed by atoms with Crippen molar-refractivity contribution in [2.45, 2.75) is 18.9 Å². The lowest BCUT2D eigenvalue weighted by atomic mass is 10.1. The van der Waals surface area contributed by atoms with Gasteiger partial charge in [0.15, 0.2) is 0 Å².